The molecule has 2 N–H and O–H groups in total. The molecule has 0 bridgehead atoms. The maximum absolute atomic E-state index is 12.0. The van der Waals surface area contributed by atoms with Gasteiger partial charge in [0.05, 0.1) is 11.5 Å². The summed E-state index contributed by atoms with van der Waals surface area (Å²) in [5.41, 5.74) is 0.689. The monoisotopic (exact) mass is 245 g/mol. The summed E-state index contributed by atoms with van der Waals surface area (Å²) in [5.74, 6) is 0. The van der Waals surface area contributed by atoms with Gasteiger partial charge >= 0.3 is 0 Å². The molecule has 0 atom stereocenters. The third kappa shape index (κ3) is 4.21. The fraction of sp³-hybridized carbons (Fsp3) is 0.400. The fourth-order valence-corrected chi connectivity index (χ4v) is 1.32. The average Bonchev–Trinajstić information content (AvgIpc) is 2.26. The SMILES string of the molecule is CCNc1cc(NCC(F)F)cc([N+](=O)[O-])c1. The molecule has 94 valence electrons. The first kappa shape index (κ1) is 13.1. The molecule has 0 unspecified atom stereocenters. The third-order valence-corrected chi connectivity index (χ3v) is 1.97. The molecule has 0 aliphatic heterocycles. The van der Waals surface area contributed by atoms with Crippen molar-refractivity contribution in [3.63, 3.8) is 0 Å². The molecule has 0 aliphatic rings. The lowest BCUT2D eigenvalue weighted by molar-refractivity contribution is -0.384. The summed E-state index contributed by atoms with van der Waals surface area (Å²) in [7, 11) is 0. The van der Waals surface area contributed by atoms with Gasteiger partial charge in [0, 0.05) is 30.1 Å². The summed E-state index contributed by atoms with van der Waals surface area (Å²) >= 11 is 0. The summed E-state index contributed by atoms with van der Waals surface area (Å²) in [4.78, 5) is 10.1. The van der Waals surface area contributed by atoms with Gasteiger partial charge in [-0.2, -0.15) is 0 Å². The molecule has 0 radical (unpaired) electrons. The Bertz CT molecular complexity index is 399. The van der Waals surface area contributed by atoms with Gasteiger partial charge in [-0.1, -0.05) is 0 Å². The summed E-state index contributed by atoms with van der Waals surface area (Å²) in [6, 6.07) is 4.14. The number of nitro groups is 1. The Balaban J connectivity index is 2.91. The predicted octanol–water partition coefficient (Wildman–Crippen LogP) is 2.70. The molecular weight excluding hydrogens is 232 g/mol. The van der Waals surface area contributed by atoms with Crippen molar-refractivity contribution < 1.29 is 13.7 Å². The van der Waals surface area contributed by atoms with Crippen LogP contribution in [0.5, 0.6) is 0 Å². The number of halogens is 2. The highest BCUT2D eigenvalue weighted by atomic mass is 19.3. The number of nitrogens with one attached hydrogen (secondary N) is 2. The zero-order chi connectivity index (χ0) is 12.8. The summed E-state index contributed by atoms with van der Waals surface area (Å²) < 4.78 is 24.0. The van der Waals surface area contributed by atoms with Crippen molar-refractivity contribution in [1.29, 1.82) is 0 Å². The van der Waals surface area contributed by atoms with Crippen LogP contribution in [-0.2, 0) is 0 Å². The minimum Gasteiger partial charge on any atom is -0.385 e. The van der Waals surface area contributed by atoms with E-state index in [0.29, 0.717) is 17.9 Å². The lowest BCUT2D eigenvalue weighted by atomic mass is 10.2. The Hall–Kier alpha value is -1.92. The molecule has 0 fully saturated rings. The number of nitro benzene ring substituents is 1. The van der Waals surface area contributed by atoms with E-state index in [9.17, 15) is 18.9 Å². The summed E-state index contributed by atoms with van der Waals surface area (Å²) in [5, 5.41) is 16.0. The molecule has 0 saturated heterocycles. The Morgan fingerprint density at radius 2 is 1.88 bits per heavy atom. The lowest BCUT2D eigenvalue weighted by Gasteiger charge is -2.09. The van der Waals surface area contributed by atoms with Crippen LogP contribution in [-0.4, -0.2) is 24.4 Å². The van der Waals surface area contributed by atoms with Crippen molar-refractivity contribution in [2.75, 3.05) is 23.7 Å². The van der Waals surface area contributed by atoms with E-state index in [1.54, 1.807) is 6.07 Å². The first-order chi connectivity index (χ1) is 8.02. The zero-order valence-electron chi connectivity index (χ0n) is 9.24. The number of hydrogen-bond acceptors (Lipinski definition) is 4. The van der Waals surface area contributed by atoms with E-state index in [4.69, 9.17) is 0 Å². The third-order valence-electron chi connectivity index (χ3n) is 1.97. The van der Waals surface area contributed by atoms with E-state index in [-0.39, 0.29) is 5.69 Å². The number of benzene rings is 1. The molecule has 1 aromatic carbocycles. The molecule has 7 heteroatoms. The molecule has 17 heavy (non-hydrogen) atoms. The van der Waals surface area contributed by atoms with Gasteiger partial charge in [0.1, 0.15) is 0 Å². The van der Waals surface area contributed by atoms with Gasteiger partial charge in [0.15, 0.2) is 0 Å². The topological polar surface area (TPSA) is 67.2 Å². The first-order valence-corrected chi connectivity index (χ1v) is 5.08. The first-order valence-electron chi connectivity index (χ1n) is 5.08. The van der Waals surface area contributed by atoms with Crippen LogP contribution >= 0.6 is 0 Å². The maximum atomic E-state index is 12.0. The van der Waals surface area contributed by atoms with Crippen LogP contribution in [0.2, 0.25) is 0 Å². The van der Waals surface area contributed by atoms with Gasteiger partial charge in [-0.3, -0.25) is 10.1 Å². The average molecular weight is 245 g/mol. The van der Waals surface area contributed by atoms with Gasteiger partial charge in [-0.25, -0.2) is 8.78 Å². The Morgan fingerprint density at radius 1 is 1.29 bits per heavy atom. The summed E-state index contributed by atoms with van der Waals surface area (Å²) in [6.45, 7) is 1.90. The molecule has 0 spiro atoms. The van der Waals surface area contributed by atoms with Crippen molar-refractivity contribution in [3.05, 3.63) is 28.3 Å². The number of nitrogens with zero attached hydrogens (tertiary/aromatic N) is 1. The van der Waals surface area contributed by atoms with E-state index in [2.05, 4.69) is 10.6 Å². The van der Waals surface area contributed by atoms with Crippen LogP contribution in [0.4, 0.5) is 25.8 Å². The van der Waals surface area contributed by atoms with E-state index in [1.165, 1.54) is 12.1 Å². The number of non-ortho nitro benzene ring substituents is 1. The van der Waals surface area contributed by atoms with Crippen molar-refractivity contribution in [2.24, 2.45) is 0 Å². The second-order valence-corrected chi connectivity index (χ2v) is 3.33. The Morgan fingerprint density at radius 3 is 2.35 bits per heavy atom. The number of hydrogen-bond donors (Lipinski definition) is 2. The van der Waals surface area contributed by atoms with E-state index in [0.717, 1.165) is 0 Å². The summed E-state index contributed by atoms with van der Waals surface area (Å²) in [6.07, 6.45) is -2.50. The van der Waals surface area contributed by atoms with Crippen LogP contribution in [0.3, 0.4) is 0 Å². The van der Waals surface area contributed by atoms with E-state index >= 15 is 0 Å². The standard InChI is InChI=1S/C10H13F2N3O2/c1-2-13-7-3-8(14-6-10(11)12)5-9(4-7)15(16)17/h3-5,10,13-14H,2,6H2,1H3. The molecule has 0 amide bonds. The number of rotatable bonds is 6. The lowest BCUT2D eigenvalue weighted by Crippen LogP contribution is -2.10. The smallest absolute Gasteiger partial charge is 0.273 e. The van der Waals surface area contributed by atoms with Crippen molar-refractivity contribution in [3.8, 4) is 0 Å². The van der Waals surface area contributed by atoms with Crippen LogP contribution in [0.25, 0.3) is 0 Å². The molecule has 0 saturated carbocycles. The Kier molecular flexibility index (Phi) is 4.62. The molecule has 0 heterocycles. The molecule has 1 aromatic rings. The van der Waals surface area contributed by atoms with Crippen LogP contribution < -0.4 is 10.6 Å². The van der Waals surface area contributed by atoms with Gasteiger partial charge in [0.25, 0.3) is 12.1 Å². The fourth-order valence-electron chi connectivity index (χ4n) is 1.32. The molecule has 5 nitrogen and oxygen atoms in total. The highest BCUT2D eigenvalue weighted by Gasteiger charge is 2.10. The number of anilines is 2. The van der Waals surface area contributed by atoms with Crippen molar-refractivity contribution in [1.82, 2.24) is 0 Å². The Labute approximate surface area is 97.0 Å². The van der Waals surface area contributed by atoms with Crippen molar-refractivity contribution >= 4 is 17.1 Å². The minimum atomic E-state index is -2.50. The molecular formula is C10H13F2N3O2. The van der Waals surface area contributed by atoms with Crippen molar-refractivity contribution in [2.45, 2.75) is 13.3 Å². The highest BCUT2D eigenvalue weighted by molar-refractivity contribution is 5.63. The van der Waals surface area contributed by atoms with E-state index in [1.807, 2.05) is 6.92 Å². The molecule has 1 rings (SSSR count). The second-order valence-electron chi connectivity index (χ2n) is 3.33. The van der Waals surface area contributed by atoms with Crippen LogP contribution in [0.1, 0.15) is 6.92 Å². The van der Waals surface area contributed by atoms with Gasteiger partial charge < -0.3 is 10.6 Å². The van der Waals surface area contributed by atoms with Crippen LogP contribution in [0, 0.1) is 10.1 Å². The van der Waals surface area contributed by atoms with Gasteiger partial charge in [0.2, 0.25) is 0 Å². The molecule has 0 aliphatic carbocycles. The quantitative estimate of drug-likeness (QED) is 0.597. The van der Waals surface area contributed by atoms with Gasteiger partial charge in [-0.05, 0) is 13.0 Å². The maximum Gasteiger partial charge on any atom is 0.273 e. The van der Waals surface area contributed by atoms with E-state index < -0.39 is 17.9 Å². The van der Waals surface area contributed by atoms with Gasteiger partial charge in [-0.15, -0.1) is 0 Å². The largest absolute Gasteiger partial charge is 0.385 e. The zero-order valence-corrected chi connectivity index (χ0v) is 9.24. The second kappa shape index (κ2) is 5.97. The molecule has 0 aromatic heterocycles. The highest BCUT2D eigenvalue weighted by Crippen LogP contribution is 2.24. The van der Waals surface area contributed by atoms with Crippen LogP contribution in [0.15, 0.2) is 18.2 Å². The number of alkyl halides is 2. The minimum absolute atomic E-state index is 0.139. The normalized spacial score (nSPS) is 10.4. The predicted molar refractivity (Wildman–Crippen MR) is 61.8 cm³/mol.